The first-order valence-corrected chi connectivity index (χ1v) is 31.6. The Morgan fingerprint density at radius 1 is 0.211 bits per heavy atom. The Labute approximate surface area is 529 Å². The minimum Gasteiger partial charge on any atom is -0.310 e. The Hall–Kier alpha value is -10.8. The van der Waals surface area contributed by atoms with E-state index < -0.39 is 0 Å². The fourth-order valence-corrected chi connectivity index (χ4v) is 14.9. The van der Waals surface area contributed by atoms with Crippen LogP contribution in [-0.4, -0.2) is 0 Å². The maximum absolute atomic E-state index is 2.46. The van der Waals surface area contributed by atoms with Gasteiger partial charge in [-0.2, -0.15) is 0 Å². The number of aryl methyl sites for hydroxylation is 2. The molecule has 90 heavy (non-hydrogen) atoms. The van der Waals surface area contributed by atoms with E-state index in [0.29, 0.717) is 0 Å². The second kappa shape index (κ2) is 21.5. The molecule has 0 aromatic heterocycles. The normalized spacial score (nSPS) is 13.2. The molecule has 0 saturated heterocycles. The number of para-hydroxylation sites is 2. The lowest BCUT2D eigenvalue weighted by atomic mass is 9.81. The van der Waals surface area contributed by atoms with Gasteiger partial charge in [0.2, 0.25) is 0 Å². The Balaban J connectivity index is 0.775. The lowest BCUT2D eigenvalue weighted by Crippen LogP contribution is -2.14. The Bertz CT molecular complexity index is 4830. The zero-order valence-electron chi connectivity index (χ0n) is 51.8. The van der Waals surface area contributed by atoms with Gasteiger partial charge in [-0.15, -0.1) is 0 Å². The molecule has 430 valence electrons. The summed E-state index contributed by atoms with van der Waals surface area (Å²) < 4.78 is 0. The summed E-state index contributed by atoms with van der Waals surface area (Å²) in [6.07, 6.45) is 0. The molecule has 14 aromatic carbocycles. The van der Waals surface area contributed by atoms with Crippen LogP contribution in [0.1, 0.15) is 61.1 Å². The largest absolute Gasteiger partial charge is 0.310 e. The maximum Gasteiger partial charge on any atom is 0.0540 e. The van der Waals surface area contributed by atoms with Crippen LogP contribution in [0.25, 0.3) is 99.4 Å². The molecule has 0 aliphatic heterocycles. The molecule has 14 aromatic rings. The van der Waals surface area contributed by atoms with Crippen molar-refractivity contribution in [2.45, 2.75) is 52.4 Å². The number of anilines is 6. The van der Waals surface area contributed by atoms with E-state index in [9.17, 15) is 0 Å². The van der Waals surface area contributed by atoms with Gasteiger partial charge in [-0.3, -0.25) is 0 Å². The molecule has 16 rings (SSSR count). The van der Waals surface area contributed by atoms with Gasteiger partial charge in [-0.25, -0.2) is 0 Å². The predicted molar refractivity (Wildman–Crippen MR) is 383 cm³/mol. The first-order chi connectivity index (χ1) is 43.9. The maximum atomic E-state index is 2.46. The first-order valence-electron chi connectivity index (χ1n) is 31.6. The van der Waals surface area contributed by atoms with Crippen LogP contribution >= 0.6 is 0 Å². The van der Waals surface area contributed by atoms with Crippen molar-refractivity contribution < 1.29 is 0 Å². The van der Waals surface area contributed by atoms with Crippen molar-refractivity contribution in [3.63, 3.8) is 0 Å². The Kier molecular flexibility index (Phi) is 13.0. The number of rotatable bonds is 11. The Morgan fingerprint density at radius 3 is 0.933 bits per heavy atom. The van der Waals surface area contributed by atoms with Gasteiger partial charge in [0, 0.05) is 44.7 Å². The van der Waals surface area contributed by atoms with E-state index in [1.54, 1.807) is 0 Å². The molecule has 0 unspecified atom stereocenters. The summed E-state index contributed by atoms with van der Waals surface area (Å²) >= 11 is 0. The van der Waals surface area contributed by atoms with E-state index in [0.717, 1.165) is 34.1 Å². The third-order valence-electron chi connectivity index (χ3n) is 19.7. The van der Waals surface area contributed by atoms with Gasteiger partial charge < -0.3 is 9.80 Å². The summed E-state index contributed by atoms with van der Waals surface area (Å²) in [7, 11) is 0. The van der Waals surface area contributed by atoms with Crippen molar-refractivity contribution in [2.24, 2.45) is 0 Å². The monoisotopic (exact) mass is 1150 g/mol. The molecule has 0 saturated carbocycles. The SMILES string of the molecule is Cc1cc(-c2ccc(N(c3ccc(-c4ccc5c(c4)C(C)(C)c4ccccc4-5)cc3)c3ccccc3-c3ccc4ccccc4c3)c(C)c2)ccc1N(c1ccc(-c2ccc3c(c2)C(C)(C)c2ccccc2-3)cc1)c1ccccc1-c1ccc2ccccc2c1. The third-order valence-corrected chi connectivity index (χ3v) is 19.7. The molecule has 0 amide bonds. The number of hydrogen-bond donors (Lipinski definition) is 0. The zero-order chi connectivity index (χ0) is 60.8. The van der Waals surface area contributed by atoms with Crippen molar-refractivity contribution in [3.8, 4) is 77.9 Å². The second-order valence-corrected chi connectivity index (χ2v) is 25.8. The number of fused-ring (bicyclic) bond motifs is 8. The van der Waals surface area contributed by atoms with Crippen LogP contribution in [0.2, 0.25) is 0 Å². The average molecular weight is 1150 g/mol. The van der Waals surface area contributed by atoms with Crippen LogP contribution in [0.15, 0.2) is 303 Å². The standard InChI is InChI=1S/C88H68N2/c1-57-51-65(41-49-83(57)89(85-29-17-13-23-73(85)69-33-31-59-19-7-9-21-63(59)53-69)71-43-35-61(36-44-71)67-39-47-77-75-25-11-15-27-79(75)87(3,4)81(77)55-67)66-42-50-84(58(2)52-66)90(86-30-18-14-24-74(86)70-34-32-60-20-8-10-22-64(60)54-70)72-45-37-62(38-46-72)68-40-48-78-76-26-12-16-28-80(76)88(5,6)82(78)56-68/h7-56H,1-6H3. The molecule has 0 atom stereocenters. The van der Waals surface area contributed by atoms with Gasteiger partial charge in [-0.05, 0) is 220 Å². The summed E-state index contributed by atoms with van der Waals surface area (Å²) in [5.74, 6) is 0. The fraction of sp³-hybridized carbons (Fsp3) is 0.0909. The summed E-state index contributed by atoms with van der Waals surface area (Å²) in [4.78, 5) is 4.93. The van der Waals surface area contributed by atoms with Crippen LogP contribution in [0, 0.1) is 13.8 Å². The predicted octanol–water partition coefficient (Wildman–Crippen LogP) is 24.5. The highest BCUT2D eigenvalue weighted by Crippen LogP contribution is 2.53. The Morgan fingerprint density at radius 2 is 0.522 bits per heavy atom. The van der Waals surface area contributed by atoms with Crippen LogP contribution in [-0.2, 0) is 10.8 Å². The quantitative estimate of drug-likeness (QED) is 0.127. The van der Waals surface area contributed by atoms with Gasteiger partial charge in [0.05, 0.1) is 11.4 Å². The van der Waals surface area contributed by atoms with Crippen molar-refractivity contribution in [1.29, 1.82) is 0 Å². The summed E-state index contributed by atoms with van der Waals surface area (Å²) in [6.45, 7) is 14.0. The third kappa shape index (κ3) is 9.16. The molecular weight excluding hydrogens is 1080 g/mol. The van der Waals surface area contributed by atoms with Gasteiger partial charge in [0.25, 0.3) is 0 Å². The van der Waals surface area contributed by atoms with Crippen LogP contribution in [0.3, 0.4) is 0 Å². The van der Waals surface area contributed by atoms with E-state index in [4.69, 9.17) is 0 Å². The highest BCUT2D eigenvalue weighted by molar-refractivity contribution is 5.97. The first kappa shape index (κ1) is 54.6. The molecule has 2 aliphatic rings. The molecule has 2 heteroatoms. The lowest BCUT2D eigenvalue weighted by Gasteiger charge is -2.30. The van der Waals surface area contributed by atoms with Crippen molar-refractivity contribution in [2.75, 3.05) is 9.80 Å². The minimum atomic E-state index is -0.0783. The molecule has 0 heterocycles. The van der Waals surface area contributed by atoms with Gasteiger partial charge >= 0.3 is 0 Å². The van der Waals surface area contributed by atoms with Gasteiger partial charge in [0.15, 0.2) is 0 Å². The molecular formula is C88H68N2. The average Bonchev–Trinajstić information content (AvgIpc) is 1.60. The number of hydrogen-bond acceptors (Lipinski definition) is 2. The topological polar surface area (TPSA) is 6.48 Å². The van der Waals surface area contributed by atoms with E-state index in [1.165, 1.54) is 133 Å². The van der Waals surface area contributed by atoms with E-state index in [-0.39, 0.29) is 10.8 Å². The fourth-order valence-electron chi connectivity index (χ4n) is 14.9. The van der Waals surface area contributed by atoms with Gasteiger partial charge in [-0.1, -0.05) is 246 Å². The molecule has 0 spiro atoms. The van der Waals surface area contributed by atoms with Gasteiger partial charge in [0.1, 0.15) is 0 Å². The number of benzene rings is 14. The second-order valence-electron chi connectivity index (χ2n) is 25.8. The molecule has 2 aliphatic carbocycles. The zero-order valence-corrected chi connectivity index (χ0v) is 51.8. The molecule has 0 N–H and O–H groups in total. The van der Waals surface area contributed by atoms with Crippen molar-refractivity contribution in [1.82, 2.24) is 0 Å². The van der Waals surface area contributed by atoms with Crippen LogP contribution < -0.4 is 9.80 Å². The van der Waals surface area contributed by atoms with Crippen LogP contribution in [0.4, 0.5) is 34.1 Å². The minimum absolute atomic E-state index is 0.0783. The molecule has 0 radical (unpaired) electrons. The summed E-state index contributed by atoms with van der Waals surface area (Å²) in [6, 6.07) is 113. The molecule has 2 nitrogen and oxygen atoms in total. The van der Waals surface area contributed by atoms with Crippen LogP contribution in [0.5, 0.6) is 0 Å². The highest BCUT2D eigenvalue weighted by Gasteiger charge is 2.37. The van der Waals surface area contributed by atoms with Crippen molar-refractivity contribution >= 4 is 55.7 Å². The molecule has 0 fully saturated rings. The summed E-state index contributed by atoms with van der Waals surface area (Å²) in [5, 5.41) is 4.91. The number of nitrogens with zero attached hydrogens (tertiary/aromatic N) is 2. The van der Waals surface area contributed by atoms with E-state index in [1.807, 2.05) is 0 Å². The van der Waals surface area contributed by atoms with E-state index >= 15 is 0 Å². The lowest BCUT2D eigenvalue weighted by molar-refractivity contribution is 0.660. The molecule has 0 bridgehead atoms. The smallest absolute Gasteiger partial charge is 0.0540 e. The van der Waals surface area contributed by atoms with E-state index in [2.05, 4.69) is 355 Å². The highest BCUT2D eigenvalue weighted by atomic mass is 15.2. The summed E-state index contributed by atoms with van der Waals surface area (Å²) in [5.41, 5.74) is 31.6. The van der Waals surface area contributed by atoms with Crippen molar-refractivity contribution in [3.05, 3.63) is 337 Å².